The summed E-state index contributed by atoms with van der Waals surface area (Å²) in [4.78, 5) is 18.0. The number of H-pyrrole nitrogens is 1. The van der Waals surface area contributed by atoms with E-state index in [-0.39, 0.29) is 24.1 Å². The summed E-state index contributed by atoms with van der Waals surface area (Å²) in [5.74, 6) is 0.0365. The molecule has 1 aliphatic rings. The molecule has 2 heterocycles. The zero-order valence-electron chi connectivity index (χ0n) is 14.3. The highest BCUT2D eigenvalue weighted by molar-refractivity contribution is 6.31. The molecule has 26 heavy (non-hydrogen) atoms. The smallest absolute Gasteiger partial charge is 0.227 e. The van der Waals surface area contributed by atoms with Gasteiger partial charge in [0.2, 0.25) is 5.91 Å². The Morgan fingerprint density at radius 2 is 2.12 bits per heavy atom. The first-order valence-corrected chi connectivity index (χ1v) is 9.27. The van der Waals surface area contributed by atoms with Crippen LogP contribution in [0.2, 0.25) is 5.02 Å². The number of carbonyl (C=O) groups is 1. The summed E-state index contributed by atoms with van der Waals surface area (Å²) in [5.41, 5.74) is 2.93. The quantitative estimate of drug-likeness (QED) is 0.698. The maximum Gasteiger partial charge on any atom is 0.227 e. The van der Waals surface area contributed by atoms with Crippen LogP contribution in [-0.2, 0) is 11.2 Å². The van der Waals surface area contributed by atoms with Crippen LogP contribution < -0.4 is 0 Å². The van der Waals surface area contributed by atoms with Crippen molar-refractivity contribution in [3.8, 4) is 0 Å². The monoisotopic (exact) mass is 370 g/mol. The van der Waals surface area contributed by atoms with Crippen molar-refractivity contribution in [2.75, 3.05) is 13.1 Å². The molecule has 4 rings (SSSR count). The van der Waals surface area contributed by atoms with Gasteiger partial charge in [-0.2, -0.15) is 0 Å². The molecule has 1 saturated heterocycles. The fraction of sp³-hybridized carbons (Fsp3) is 0.286. The number of rotatable bonds is 3. The minimum absolute atomic E-state index is 0.0551. The number of halogens is 2. The van der Waals surface area contributed by atoms with E-state index in [4.69, 9.17) is 11.6 Å². The lowest BCUT2D eigenvalue weighted by Gasteiger charge is -2.32. The number of benzene rings is 2. The number of carbonyl (C=O) groups excluding carboxylic acids is 1. The molecule has 0 aliphatic carbocycles. The Balaban J connectivity index is 1.48. The molecular formula is C21H20ClFN2O. The molecule has 1 unspecified atom stereocenters. The number of fused-ring (bicyclic) bond motifs is 1. The Kier molecular flexibility index (Phi) is 4.68. The number of likely N-dealkylation sites (tertiary alicyclic amines) is 1. The summed E-state index contributed by atoms with van der Waals surface area (Å²) in [6.45, 7) is 1.45. The van der Waals surface area contributed by atoms with Gasteiger partial charge in [0, 0.05) is 40.6 Å². The molecule has 0 radical (unpaired) electrons. The first-order valence-electron chi connectivity index (χ1n) is 8.89. The molecule has 1 N–H and O–H groups in total. The third kappa shape index (κ3) is 3.61. The molecule has 3 nitrogen and oxygen atoms in total. The van der Waals surface area contributed by atoms with Gasteiger partial charge in [-0.3, -0.25) is 4.79 Å². The van der Waals surface area contributed by atoms with Crippen LogP contribution >= 0.6 is 11.6 Å². The highest BCUT2D eigenvalue weighted by Gasteiger charge is 2.25. The molecule has 0 saturated carbocycles. The number of nitrogens with one attached hydrogen (secondary N) is 1. The number of hydrogen-bond acceptors (Lipinski definition) is 1. The second-order valence-corrected chi connectivity index (χ2v) is 7.38. The van der Waals surface area contributed by atoms with Crippen LogP contribution in [0.15, 0.2) is 48.5 Å². The van der Waals surface area contributed by atoms with Crippen molar-refractivity contribution in [1.82, 2.24) is 9.88 Å². The molecule has 1 amide bonds. The molecule has 2 aromatic carbocycles. The predicted octanol–water partition coefficient (Wildman–Crippen LogP) is 4.91. The van der Waals surface area contributed by atoms with Gasteiger partial charge in [-0.1, -0.05) is 23.7 Å². The lowest BCUT2D eigenvalue weighted by Crippen LogP contribution is -2.40. The van der Waals surface area contributed by atoms with E-state index in [1.807, 2.05) is 23.1 Å². The van der Waals surface area contributed by atoms with E-state index in [1.54, 1.807) is 12.1 Å². The average molecular weight is 371 g/mol. The first-order chi connectivity index (χ1) is 12.6. The Labute approximate surface area is 156 Å². The molecule has 1 atom stereocenters. The summed E-state index contributed by atoms with van der Waals surface area (Å²) in [6.07, 6.45) is 2.26. The van der Waals surface area contributed by atoms with E-state index in [1.165, 1.54) is 12.1 Å². The normalized spacial score (nSPS) is 17.6. The van der Waals surface area contributed by atoms with Gasteiger partial charge in [0.25, 0.3) is 0 Å². The third-order valence-electron chi connectivity index (χ3n) is 5.06. The number of aromatic amines is 1. The van der Waals surface area contributed by atoms with Gasteiger partial charge >= 0.3 is 0 Å². The number of aromatic nitrogens is 1. The van der Waals surface area contributed by atoms with Crippen molar-refractivity contribution in [1.29, 1.82) is 0 Å². The average Bonchev–Trinajstić information content (AvgIpc) is 3.05. The van der Waals surface area contributed by atoms with Crippen LogP contribution in [0.3, 0.4) is 0 Å². The summed E-state index contributed by atoms with van der Waals surface area (Å²) < 4.78 is 13.3. The topological polar surface area (TPSA) is 36.1 Å². The SMILES string of the molecule is O=C(Cc1cccc(F)c1)N1CCCC(c2cc3cc(Cl)ccc3[nH]2)C1. The number of hydrogen-bond donors (Lipinski definition) is 1. The number of amides is 1. The molecule has 3 aromatic rings. The molecule has 0 spiro atoms. The second-order valence-electron chi connectivity index (χ2n) is 6.94. The van der Waals surface area contributed by atoms with E-state index in [2.05, 4.69) is 11.1 Å². The maximum absolute atomic E-state index is 13.3. The van der Waals surface area contributed by atoms with Crippen LogP contribution in [-0.4, -0.2) is 28.9 Å². The van der Waals surface area contributed by atoms with Crippen molar-refractivity contribution in [3.63, 3.8) is 0 Å². The van der Waals surface area contributed by atoms with Crippen molar-refractivity contribution < 1.29 is 9.18 Å². The minimum atomic E-state index is -0.302. The van der Waals surface area contributed by atoms with Crippen LogP contribution in [0.5, 0.6) is 0 Å². The molecule has 1 aromatic heterocycles. The zero-order chi connectivity index (χ0) is 18.1. The highest BCUT2D eigenvalue weighted by atomic mass is 35.5. The number of piperidine rings is 1. The van der Waals surface area contributed by atoms with Crippen molar-refractivity contribution in [2.45, 2.75) is 25.2 Å². The summed E-state index contributed by atoms with van der Waals surface area (Å²) in [5, 5.41) is 1.81. The van der Waals surface area contributed by atoms with E-state index in [0.29, 0.717) is 6.54 Å². The van der Waals surface area contributed by atoms with E-state index >= 15 is 0 Å². The van der Waals surface area contributed by atoms with Crippen LogP contribution in [0.1, 0.15) is 30.0 Å². The van der Waals surface area contributed by atoms with Gasteiger partial charge in [0.1, 0.15) is 5.82 Å². The van der Waals surface area contributed by atoms with Crippen molar-refractivity contribution in [3.05, 3.63) is 70.6 Å². The molecule has 1 aliphatic heterocycles. The van der Waals surface area contributed by atoms with Crippen LogP contribution in [0.4, 0.5) is 4.39 Å². The Hall–Kier alpha value is -2.33. The van der Waals surface area contributed by atoms with Gasteiger partial charge in [0.15, 0.2) is 0 Å². The van der Waals surface area contributed by atoms with E-state index < -0.39 is 0 Å². The summed E-state index contributed by atoms with van der Waals surface area (Å²) >= 11 is 6.07. The van der Waals surface area contributed by atoms with Crippen LogP contribution in [0.25, 0.3) is 10.9 Å². The van der Waals surface area contributed by atoms with E-state index in [0.717, 1.165) is 46.6 Å². The molecule has 5 heteroatoms. The fourth-order valence-corrected chi connectivity index (χ4v) is 3.92. The highest BCUT2D eigenvalue weighted by Crippen LogP contribution is 2.30. The van der Waals surface area contributed by atoms with Crippen molar-refractivity contribution >= 4 is 28.4 Å². The number of nitrogens with zero attached hydrogens (tertiary/aromatic N) is 1. The molecular weight excluding hydrogens is 351 g/mol. The van der Waals surface area contributed by atoms with Gasteiger partial charge < -0.3 is 9.88 Å². The Morgan fingerprint density at radius 1 is 1.23 bits per heavy atom. The van der Waals surface area contributed by atoms with Crippen LogP contribution in [0, 0.1) is 5.82 Å². The molecule has 0 bridgehead atoms. The maximum atomic E-state index is 13.3. The Bertz CT molecular complexity index is 952. The molecule has 1 fully saturated rings. The zero-order valence-corrected chi connectivity index (χ0v) is 15.1. The minimum Gasteiger partial charge on any atom is -0.358 e. The molecule has 134 valence electrons. The fourth-order valence-electron chi connectivity index (χ4n) is 3.74. The third-order valence-corrected chi connectivity index (χ3v) is 5.30. The van der Waals surface area contributed by atoms with Gasteiger partial charge in [-0.25, -0.2) is 4.39 Å². The Morgan fingerprint density at radius 3 is 2.96 bits per heavy atom. The van der Waals surface area contributed by atoms with Gasteiger partial charge in [-0.15, -0.1) is 0 Å². The summed E-state index contributed by atoms with van der Waals surface area (Å²) in [6, 6.07) is 14.2. The van der Waals surface area contributed by atoms with E-state index in [9.17, 15) is 9.18 Å². The second kappa shape index (κ2) is 7.12. The predicted molar refractivity (Wildman–Crippen MR) is 102 cm³/mol. The largest absolute Gasteiger partial charge is 0.358 e. The lowest BCUT2D eigenvalue weighted by molar-refractivity contribution is -0.131. The lowest BCUT2D eigenvalue weighted by atomic mass is 9.94. The van der Waals surface area contributed by atoms with Gasteiger partial charge in [0.05, 0.1) is 6.42 Å². The van der Waals surface area contributed by atoms with Crippen molar-refractivity contribution in [2.24, 2.45) is 0 Å². The van der Waals surface area contributed by atoms with Gasteiger partial charge in [-0.05, 0) is 54.8 Å². The standard InChI is InChI=1S/C21H20ClFN2O/c22-17-6-7-19-16(11-17)12-20(24-19)15-4-2-8-25(13-15)21(26)10-14-3-1-5-18(23)9-14/h1,3,5-7,9,11-12,15,24H,2,4,8,10,13H2. The summed E-state index contributed by atoms with van der Waals surface area (Å²) in [7, 11) is 0. The first kappa shape index (κ1) is 17.1.